The SMILES string of the molecule is O=C(Nc1ccc(OC(F)F)cc1)c1ccn(C2CCCNC2)n1. The molecule has 6 nitrogen and oxygen atoms in total. The number of carbonyl (C=O) groups is 1. The van der Waals surface area contributed by atoms with E-state index < -0.39 is 6.61 Å². The number of nitrogens with one attached hydrogen (secondary N) is 2. The summed E-state index contributed by atoms with van der Waals surface area (Å²) in [4.78, 5) is 12.2. The molecule has 3 rings (SSSR count). The van der Waals surface area contributed by atoms with Gasteiger partial charge < -0.3 is 15.4 Å². The average molecular weight is 336 g/mol. The fourth-order valence-electron chi connectivity index (χ4n) is 2.64. The number of rotatable bonds is 5. The molecule has 1 atom stereocenters. The normalized spacial score (nSPS) is 17.7. The van der Waals surface area contributed by atoms with Crippen molar-refractivity contribution >= 4 is 11.6 Å². The molecule has 24 heavy (non-hydrogen) atoms. The Morgan fingerprint density at radius 1 is 1.33 bits per heavy atom. The number of alkyl halides is 2. The van der Waals surface area contributed by atoms with Crippen LogP contribution in [0.1, 0.15) is 29.4 Å². The lowest BCUT2D eigenvalue weighted by atomic mass is 10.1. The highest BCUT2D eigenvalue weighted by atomic mass is 19.3. The zero-order valence-corrected chi connectivity index (χ0v) is 12.9. The van der Waals surface area contributed by atoms with Crippen LogP contribution in [0, 0.1) is 0 Å². The van der Waals surface area contributed by atoms with Crippen LogP contribution >= 0.6 is 0 Å². The van der Waals surface area contributed by atoms with Crippen molar-refractivity contribution in [2.24, 2.45) is 0 Å². The second-order valence-electron chi connectivity index (χ2n) is 5.54. The summed E-state index contributed by atoms with van der Waals surface area (Å²) in [6.45, 7) is -1.02. The first kappa shape index (κ1) is 16.4. The second kappa shape index (κ2) is 7.39. The van der Waals surface area contributed by atoms with E-state index >= 15 is 0 Å². The number of carbonyl (C=O) groups excluding carboxylic acids is 1. The van der Waals surface area contributed by atoms with Gasteiger partial charge in [-0.05, 0) is 49.7 Å². The van der Waals surface area contributed by atoms with Crippen LogP contribution in [0.15, 0.2) is 36.5 Å². The number of halogens is 2. The number of amides is 1. The molecular weight excluding hydrogens is 318 g/mol. The van der Waals surface area contributed by atoms with E-state index in [4.69, 9.17) is 0 Å². The molecule has 2 heterocycles. The van der Waals surface area contributed by atoms with Gasteiger partial charge in [-0.1, -0.05) is 0 Å². The molecule has 0 aliphatic carbocycles. The molecule has 1 aliphatic heterocycles. The van der Waals surface area contributed by atoms with Crippen molar-refractivity contribution in [3.8, 4) is 5.75 Å². The maximum atomic E-state index is 12.2. The van der Waals surface area contributed by atoms with Crippen molar-refractivity contribution in [3.63, 3.8) is 0 Å². The molecule has 0 bridgehead atoms. The summed E-state index contributed by atoms with van der Waals surface area (Å²) in [5.41, 5.74) is 0.795. The average Bonchev–Trinajstić information content (AvgIpc) is 3.07. The highest BCUT2D eigenvalue weighted by Gasteiger charge is 2.17. The molecule has 128 valence electrons. The Morgan fingerprint density at radius 3 is 2.79 bits per heavy atom. The Balaban J connectivity index is 1.61. The number of piperidine rings is 1. The van der Waals surface area contributed by atoms with Crippen LogP contribution in [0.3, 0.4) is 0 Å². The molecule has 0 spiro atoms. The van der Waals surface area contributed by atoms with Crippen molar-refractivity contribution < 1.29 is 18.3 Å². The minimum atomic E-state index is -2.87. The van der Waals surface area contributed by atoms with Gasteiger partial charge in [0.1, 0.15) is 5.75 Å². The highest BCUT2D eigenvalue weighted by molar-refractivity contribution is 6.02. The predicted octanol–water partition coefficient (Wildman–Crippen LogP) is 2.66. The summed E-state index contributed by atoms with van der Waals surface area (Å²) in [5, 5.41) is 10.3. The maximum absolute atomic E-state index is 12.2. The molecule has 8 heteroatoms. The summed E-state index contributed by atoms with van der Waals surface area (Å²) >= 11 is 0. The van der Waals surface area contributed by atoms with Gasteiger partial charge in [0.15, 0.2) is 5.69 Å². The fraction of sp³-hybridized carbons (Fsp3) is 0.375. The Labute approximate surface area is 137 Å². The third kappa shape index (κ3) is 4.08. The molecule has 0 radical (unpaired) electrons. The van der Waals surface area contributed by atoms with Gasteiger partial charge in [0.05, 0.1) is 6.04 Å². The van der Waals surface area contributed by atoms with Crippen LogP contribution in [0.4, 0.5) is 14.5 Å². The van der Waals surface area contributed by atoms with Gasteiger partial charge >= 0.3 is 6.61 Å². The lowest BCUT2D eigenvalue weighted by Gasteiger charge is -2.22. The van der Waals surface area contributed by atoms with Crippen molar-refractivity contribution in [1.82, 2.24) is 15.1 Å². The van der Waals surface area contributed by atoms with E-state index in [0.29, 0.717) is 11.4 Å². The zero-order valence-electron chi connectivity index (χ0n) is 12.9. The molecule has 1 unspecified atom stereocenters. The zero-order chi connectivity index (χ0) is 16.9. The van der Waals surface area contributed by atoms with Gasteiger partial charge in [-0.15, -0.1) is 0 Å². The third-order valence-corrected chi connectivity index (χ3v) is 3.82. The van der Waals surface area contributed by atoms with Crippen molar-refractivity contribution in [3.05, 3.63) is 42.2 Å². The van der Waals surface area contributed by atoms with Crippen LogP contribution < -0.4 is 15.4 Å². The molecular formula is C16H18F2N4O2. The Bertz CT molecular complexity index is 682. The number of ether oxygens (including phenoxy) is 1. The minimum absolute atomic E-state index is 0.0390. The molecule has 1 fully saturated rings. The van der Waals surface area contributed by atoms with Crippen LogP contribution in [0.5, 0.6) is 5.75 Å². The Hall–Kier alpha value is -2.48. The molecule has 2 N–H and O–H groups in total. The largest absolute Gasteiger partial charge is 0.435 e. The van der Waals surface area contributed by atoms with Gasteiger partial charge in [-0.3, -0.25) is 9.48 Å². The first-order valence-electron chi connectivity index (χ1n) is 7.74. The van der Waals surface area contributed by atoms with E-state index in [1.54, 1.807) is 16.9 Å². The van der Waals surface area contributed by atoms with Gasteiger partial charge in [0.2, 0.25) is 0 Å². The third-order valence-electron chi connectivity index (χ3n) is 3.82. The highest BCUT2D eigenvalue weighted by Crippen LogP contribution is 2.19. The van der Waals surface area contributed by atoms with Gasteiger partial charge in [0.25, 0.3) is 5.91 Å². The quantitative estimate of drug-likeness (QED) is 0.881. The molecule has 2 aromatic rings. The lowest BCUT2D eigenvalue weighted by molar-refractivity contribution is -0.0498. The summed E-state index contributed by atoms with van der Waals surface area (Å²) < 4.78 is 30.3. The van der Waals surface area contributed by atoms with E-state index in [-0.39, 0.29) is 17.7 Å². The molecule has 0 saturated carbocycles. The van der Waals surface area contributed by atoms with E-state index in [9.17, 15) is 13.6 Å². The number of nitrogens with zero attached hydrogens (tertiary/aromatic N) is 2. The fourth-order valence-corrected chi connectivity index (χ4v) is 2.64. The number of hydrogen-bond acceptors (Lipinski definition) is 4. The first-order chi connectivity index (χ1) is 11.6. The smallest absolute Gasteiger partial charge is 0.387 e. The number of aromatic nitrogens is 2. The number of anilines is 1. The molecule has 1 aliphatic rings. The molecule has 1 amide bonds. The molecule has 1 aromatic heterocycles. The first-order valence-corrected chi connectivity index (χ1v) is 7.74. The van der Waals surface area contributed by atoms with Gasteiger partial charge in [0, 0.05) is 18.4 Å². The van der Waals surface area contributed by atoms with E-state index in [0.717, 1.165) is 25.9 Å². The topological polar surface area (TPSA) is 68.2 Å². The summed E-state index contributed by atoms with van der Waals surface area (Å²) in [6.07, 6.45) is 3.91. The monoisotopic (exact) mass is 336 g/mol. The second-order valence-corrected chi connectivity index (χ2v) is 5.54. The minimum Gasteiger partial charge on any atom is -0.435 e. The van der Waals surface area contributed by atoms with Crippen LogP contribution in [-0.4, -0.2) is 35.4 Å². The summed E-state index contributed by atoms with van der Waals surface area (Å²) in [7, 11) is 0. The van der Waals surface area contributed by atoms with E-state index in [2.05, 4.69) is 20.5 Å². The molecule has 1 aromatic carbocycles. The van der Waals surface area contributed by atoms with Gasteiger partial charge in [-0.25, -0.2) is 0 Å². The van der Waals surface area contributed by atoms with Gasteiger partial charge in [-0.2, -0.15) is 13.9 Å². The van der Waals surface area contributed by atoms with Crippen molar-refractivity contribution in [2.45, 2.75) is 25.5 Å². The van der Waals surface area contributed by atoms with Crippen LogP contribution in [0.25, 0.3) is 0 Å². The summed E-state index contributed by atoms with van der Waals surface area (Å²) in [5.74, 6) is -0.308. The lowest BCUT2D eigenvalue weighted by Crippen LogP contribution is -2.32. The Kier molecular flexibility index (Phi) is 5.05. The van der Waals surface area contributed by atoms with Crippen molar-refractivity contribution in [2.75, 3.05) is 18.4 Å². The Morgan fingerprint density at radius 2 is 2.12 bits per heavy atom. The van der Waals surface area contributed by atoms with Crippen LogP contribution in [-0.2, 0) is 0 Å². The summed E-state index contributed by atoms with van der Waals surface area (Å²) in [6, 6.07) is 7.65. The standard InChI is InChI=1S/C16H18F2N4O2/c17-16(18)24-13-5-3-11(4-6-13)20-15(23)14-7-9-22(21-14)12-2-1-8-19-10-12/h3-7,9,12,16,19H,1-2,8,10H2,(H,20,23). The number of hydrogen-bond donors (Lipinski definition) is 2. The number of benzene rings is 1. The van der Waals surface area contributed by atoms with Crippen molar-refractivity contribution in [1.29, 1.82) is 0 Å². The van der Waals surface area contributed by atoms with E-state index in [1.165, 1.54) is 24.3 Å². The predicted molar refractivity (Wildman–Crippen MR) is 84.4 cm³/mol. The van der Waals surface area contributed by atoms with Crippen LogP contribution in [0.2, 0.25) is 0 Å². The molecule has 1 saturated heterocycles. The van der Waals surface area contributed by atoms with E-state index in [1.807, 2.05) is 0 Å². The maximum Gasteiger partial charge on any atom is 0.387 e.